The van der Waals surface area contributed by atoms with Crippen LogP contribution in [0, 0.1) is 9.39 Å². The minimum atomic E-state index is -0.491. The van der Waals surface area contributed by atoms with Gasteiger partial charge in [0.15, 0.2) is 17.3 Å². The van der Waals surface area contributed by atoms with Gasteiger partial charge in [0.2, 0.25) is 0 Å². The molecule has 0 unspecified atom stereocenters. The molecule has 0 atom stereocenters. The molecule has 0 radical (unpaired) electrons. The van der Waals surface area contributed by atoms with Gasteiger partial charge >= 0.3 is 0 Å². The van der Waals surface area contributed by atoms with Crippen LogP contribution in [-0.2, 0) is 0 Å². The van der Waals surface area contributed by atoms with Gasteiger partial charge in [0.05, 0.1) is 15.9 Å². The van der Waals surface area contributed by atoms with Gasteiger partial charge < -0.3 is 15.2 Å². The Bertz CT molecular complexity index is 590. The zero-order valence-corrected chi connectivity index (χ0v) is 12.5. The van der Waals surface area contributed by atoms with E-state index in [-0.39, 0.29) is 11.4 Å². The molecule has 2 aromatic carbocycles. The summed E-state index contributed by atoms with van der Waals surface area (Å²) in [4.78, 5) is 0. The van der Waals surface area contributed by atoms with Crippen molar-refractivity contribution in [3.8, 4) is 17.2 Å². The maximum atomic E-state index is 13.6. The van der Waals surface area contributed by atoms with Gasteiger partial charge in [0, 0.05) is 12.1 Å². The van der Waals surface area contributed by atoms with Crippen molar-refractivity contribution in [2.45, 2.75) is 6.92 Å². The number of nitrogen functional groups attached to an aromatic ring is 1. The largest absolute Gasteiger partial charge is 0.491 e. The molecule has 0 saturated carbocycles. The van der Waals surface area contributed by atoms with E-state index >= 15 is 0 Å². The number of ether oxygens (including phenoxy) is 2. The highest BCUT2D eigenvalue weighted by Crippen LogP contribution is 2.34. The number of hydrogen-bond acceptors (Lipinski definition) is 3. The normalized spacial score (nSPS) is 10.3. The fourth-order valence-corrected chi connectivity index (χ4v) is 2.05. The molecule has 2 N–H and O–H groups in total. The van der Waals surface area contributed by atoms with E-state index < -0.39 is 5.82 Å². The summed E-state index contributed by atoms with van der Waals surface area (Å²) in [5, 5.41) is 0. The van der Waals surface area contributed by atoms with Crippen LogP contribution in [0.3, 0.4) is 0 Å². The first-order valence-electron chi connectivity index (χ1n) is 5.76. The Morgan fingerprint density at radius 1 is 1.16 bits per heavy atom. The van der Waals surface area contributed by atoms with Gasteiger partial charge in [-0.05, 0) is 41.6 Å². The van der Waals surface area contributed by atoms with E-state index in [9.17, 15) is 4.39 Å². The quantitative estimate of drug-likeness (QED) is 0.645. The van der Waals surface area contributed by atoms with E-state index in [4.69, 9.17) is 15.2 Å². The first-order chi connectivity index (χ1) is 9.11. The van der Waals surface area contributed by atoms with Crippen LogP contribution in [0.15, 0.2) is 36.4 Å². The highest BCUT2D eigenvalue weighted by molar-refractivity contribution is 14.1. The number of para-hydroxylation sites is 1. The van der Waals surface area contributed by atoms with E-state index in [1.54, 1.807) is 6.92 Å². The van der Waals surface area contributed by atoms with Crippen molar-refractivity contribution in [2.24, 2.45) is 0 Å². The van der Waals surface area contributed by atoms with Crippen LogP contribution >= 0.6 is 22.6 Å². The van der Waals surface area contributed by atoms with E-state index in [1.165, 1.54) is 12.1 Å². The SMILES string of the molecule is CCOc1cc(Oc2ccccc2I)c(N)cc1F. The molecule has 0 saturated heterocycles. The van der Waals surface area contributed by atoms with Crippen molar-refractivity contribution in [1.82, 2.24) is 0 Å². The Labute approximate surface area is 124 Å². The van der Waals surface area contributed by atoms with Gasteiger partial charge in [-0.2, -0.15) is 0 Å². The van der Waals surface area contributed by atoms with Crippen LogP contribution < -0.4 is 15.2 Å². The lowest BCUT2D eigenvalue weighted by Crippen LogP contribution is -1.99. The van der Waals surface area contributed by atoms with Gasteiger partial charge in [-0.3, -0.25) is 0 Å². The van der Waals surface area contributed by atoms with Crippen LogP contribution in [0.4, 0.5) is 10.1 Å². The second-order valence-corrected chi connectivity index (χ2v) is 4.95. The standard InChI is InChI=1S/C14H13FINO2/c1-2-18-13-8-14(11(17)7-9(13)15)19-12-6-4-3-5-10(12)16/h3-8H,2,17H2,1H3. The van der Waals surface area contributed by atoms with Crippen molar-refractivity contribution in [3.63, 3.8) is 0 Å². The summed E-state index contributed by atoms with van der Waals surface area (Å²) >= 11 is 2.16. The van der Waals surface area contributed by atoms with E-state index in [1.807, 2.05) is 24.3 Å². The van der Waals surface area contributed by atoms with Gasteiger partial charge in [0.1, 0.15) is 5.75 Å². The maximum Gasteiger partial charge on any atom is 0.167 e. The molecule has 0 aliphatic carbocycles. The first kappa shape index (κ1) is 13.9. The summed E-state index contributed by atoms with van der Waals surface area (Å²) in [6.07, 6.45) is 0. The van der Waals surface area contributed by atoms with E-state index in [0.29, 0.717) is 18.1 Å². The molecule has 2 aromatic rings. The predicted molar refractivity (Wildman–Crippen MR) is 81.2 cm³/mol. The number of anilines is 1. The third-order valence-electron chi connectivity index (χ3n) is 2.42. The second-order valence-electron chi connectivity index (χ2n) is 3.79. The highest BCUT2D eigenvalue weighted by Gasteiger charge is 2.11. The minimum Gasteiger partial charge on any atom is -0.491 e. The van der Waals surface area contributed by atoms with E-state index in [0.717, 1.165) is 3.57 Å². The molecule has 2 rings (SSSR count). The van der Waals surface area contributed by atoms with Crippen molar-refractivity contribution < 1.29 is 13.9 Å². The Kier molecular flexibility index (Phi) is 4.47. The molecule has 100 valence electrons. The van der Waals surface area contributed by atoms with Gasteiger partial charge in [-0.25, -0.2) is 4.39 Å². The molecule has 0 fully saturated rings. The highest BCUT2D eigenvalue weighted by atomic mass is 127. The summed E-state index contributed by atoms with van der Waals surface area (Å²) in [6.45, 7) is 2.17. The van der Waals surface area contributed by atoms with Crippen LogP contribution in [0.1, 0.15) is 6.92 Å². The van der Waals surface area contributed by atoms with Crippen molar-refractivity contribution in [3.05, 3.63) is 45.8 Å². The van der Waals surface area contributed by atoms with Gasteiger partial charge in [-0.15, -0.1) is 0 Å². The summed E-state index contributed by atoms with van der Waals surface area (Å²) < 4.78 is 25.4. The average Bonchev–Trinajstić information content (AvgIpc) is 2.38. The molecule has 0 aliphatic heterocycles. The molecule has 0 bridgehead atoms. The number of rotatable bonds is 4. The van der Waals surface area contributed by atoms with Gasteiger partial charge in [-0.1, -0.05) is 12.1 Å². The summed E-state index contributed by atoms with van der Waals surface area (Å²) in [5.74, 6) is 0.699. The lowest BCUT2D eigenvalue weighted by Gasteiger charge is -2.12. The van der Waals surface area contributed by atoms with Crippen LogP contribution in [-0.4, -0.2) is 6.61 Å². The fourth-order valence-electron chi connectivity index (χ4n) is 1.55. The maximum absolute atomic E-state index is 13.6. The zero-order chi connectivity index (χ0) is 13.8. The Morgan fingerprint density at radius 2 is 1.89 bits per heavy atom. The first-order valence-corrected chi connectivity index (χ1v) is 6.84. The molecule has 0 spiro atoms. The molecule has 0 aliphatic rings. The second kappa shape index (κ2) is 6.10. The smallest absolute Gasteiger partial charge is 0.167 e. The minimum absolute atomic E-state index is 0.137. The monoisotopic (exact) mass is 373 g/mol. The molecule has 0 heterocycles. The fraction of sp³-hybridized carbons (Fsp3) is 0.143. The third-order valence-corrected chi connectivity index (χ3v) is 3.31. The lowest BCUT2D eigenvalue weighted by atomic mass is 10.2. The summed E-state index contributed by atoms with van der Waals surface area (Å²) in [6, 6.07) is 10.2. The predicted octanol–water partition coefficient (Wildman–Crippen LogP) is 4.20. The Morgan fingerprint density at radius 3 is 2.58 bits per heavy atom. The number of halogens is 2. The molecule has 19 heavy (non-hydrogen) atoms. The number of benzene rings is 2. The average molecular weight is 373 g/mol. The lowest BCUT2D eigenvalue weighted by molar-refractivity contribution is 0.319. The molecule has 5 heteroatoms. The third kappa shape index (κ3) is 3.28. The molecule has 0 amide bonds. The topological polar surface area (TPSA) is 44.5 Å². The Hall–Kier alpha value is -1.50. The van der Waals surface area contributed by atoms with Crippen molar-refractivity contribution in [1.29, 1.82) is 0 Å². The summed E-state index contributed by atoms with van der Waals surface area (Å²) in [5.41, 5.74) is 6.00. The molecule has 3 nitrogen and oxygen atoms in total. The number of nitrogens with two attached hydrogens (primary N) is 1. The van der Waals surface area contributed by atoms with Gasteiger partial charge in [0.25, 0.3) is 0 Å². The molecule has 0 aromatic heterocycles. The van der Waals surface area contributed by atoms with Crippen LogP contribution in [0.5, 0.6) is 17.2 Å². The van der Waals surface area contributed by atoms with Crippen molar-refractivity contribution >= 4 is 28.3 Å². The van der Waals surface area contributed by atoms with Crippen LogP contribution in [0.25, 0.3) is 0 Å². The molecular formula is C14H13FINO2. The Balaban J connectivity index is 2.34. The number of hydrogen-bond donors (Lipinski definition) is 1. The zero-order valence-electron chi connectivity index (χ0n) is 10.3. The summed E-state index contributed by atoms with van der Waals surface area (Å²) in [7, 11) is 0. The van der Waals surface area contributed by atoms with E-state index in [2.05, 4.69) is 22.6 Å². The van der Waals surface area contributed by atoms with Crippen molar-refractivity contribution in [2.75, 3.05) is 12.3 Å². The van der Waals surface area contributed by atoms with Crippen LogP contribution in [0.2, 0.25) is 0 Å². The molecular weight excluding hydrogens is 360 g/mol.